The van der Waals surface area contributed by atoms with Gasteiger partial charge < -0.3 is 14.6 Å². The Balaban J connectivity index is 1.65. The lowest BCUT2D eigenvalue weighted by molar-refractivity contribution is -0.150. The van der Waals surface area contributed by atoms with Gasteiger partial charge in [0.2, 0.25) is 0 Å². The average Bonchev–Trinajstić information content (AvgIpc) is 2.97. The lowest BCUT2D eigenvalue weighted by Crippen LogP contribution is -2.49. The second-order valence-electron chi connectivity index (χ2n) is 9.76. The van der Waals surface area contributed by atoms with E-state index in [0.717, 1.165) is 46.2 Å². The van der Waals surface area contributed by atoms with E-state index in [0.29, 0.717) is 44.0 Å². The molecule has 0 saturated carbocycles. The van der Waals surface area contributed by atoms with Gasteiger partial charge in [-0.2, -0.15) is 10.5 Å². The van der Waals surface area contributed by atoms with Crippen LogP contribution in [0, 0.1) is 29.6 Å². The third kappa shape index (κ3) is 7.15. The van der Waals surface area contributed by atoms with Crippen molar-refractivity contribution in [2.45, 2.75) is 38.8 Å². The number of nitriles is 2. The highest BCUT2D eigenvalue weighted by atomic mass is 16.5. The normalized spacial score (nSPS) is 15.4. The Morgan fingerprint density at radius 1 is 1.10 bits per heavy atom. The number of hydrogen-bond acceptors (Lipinski definition) is 6. The molecule has 3 aromatic rings. The number of benzene rings is 3. The predicted molar refractivity (Wildman–Crippen MR) is 154 cm³/mol. The van der Waals surface area contributed by atoms with Crippen LogP contribution in [0.25, 0.3) is 23.3 Å². The quantitative estimate of drug-likeness (QED) is 0.235. The maximum absolute atomic E-state index is 11.9. The molecular weight excluding hydrogens is 502 g/mol. The first kappa shape index (κ1) is 28.6. The predicted octanol–water partition coefficient (Wildman–Crippen LogP) is 6.06. The topological polar surface area (TPSA) is 107 Å². The number of morpholine rings is 1. The molecule has 0 bridgehead atoms. The Bertz CT molecular complexity index is 1440. The van der Waals surface area contributed by atoms with Crippen molar-refractivity contribution in [2.24, 2.45) is 0 Å². The number of aliphatic carboxylic acids is 1. The van der Waals surface area contributed by atoms with Gasteiger partial charge >= 0.3 is 5.97 Å². The zero-order chi connectivity index (χ0) is 28.3. The molecule has 0 aliphatic carbocycles. The van der Waals surface area contributed by atoms with Crippen molar-refractivity contribution in [3.05, 3.63) is 88.5 Å². The molecule has 40 heavy (non-hydrogen) atoms. The van der Waals surface area contributed by atoms with Crippen LogP contribution in [-0.2, 0) is 16.1 Å². The largest absolute Gasteiger partial charge is 0.493 e. The van der Waals surface area contributed by atoms with Crippen molar-refractivity contribution in [1.29, 1.82) is 10.5 Å². The first-order chi connectivity index (χ1) is 19.5. The number of hydrogen-bond donors (Lipinski definition) is 1. The molecule has 1 N–H and O–H groups in total. The third-order valence-corrected chi connectivity index (χ3v) is 7.02. The van der Waals surface area contributed by atoms with Gasteiger partial charge in [0.1, 0.15) is 17.9 Å². The Morgan fingerprint density at radius 2 is 1.90 bits per heavy atom. The van der Waals surface area contributed by atoms with E-state index in [9.17, 15) is 15.2 Å². The molecule has 0 unspecified atom stereocenters. The van der Waals surface area contributed by atoms with Gasteiger partial charge in [-0.15, -0.1) is 0 Å². The van der Waals surface area contributed by atoms with E-state index in [-0.39, 0.29) is 6.61 Å². The highest BCUT2D eigenvalue weighted by Crippen LogP contribution is 2.30. The van der Waals surface area contributed by atoms with Crippen LogP contribution in [0.3, 0.4) is 0 Å². The molecule has 7 heteroatoms. The van der Waals surface area contributed by atoms with Crippen LogP contribution in [0.5, 0.6) is 5.75 Å². The van der Waals surface area contributed by atoms with E-state index < -0.39 is 12.0 Å². The number of aryl methyl sites for hydroxylation is 1. The summed E-state index contributed by atoms with van der Waals surface area (Å²) in [5.74, 6) is -0.195. The maximum Gasteiger partial charge on any atom is 0.323 e. The standard InChI is InChI=1S/C33H33N3O4/c1-24-19-32(40-17-7-3-6-15-34)28(22-36-16-18-39-23-31(36)33(37)38)20-27(24)14-13-26-11-8-12-29(30(26)21-35)25-9-4-2-5-10-25/h2,4-5,8-14,19-20,31H,3,6-7,16-18,22-23H2,1H3,(H,37,38)/b14-13+/t31-/m0/s1. The summed E-state index contributed by atoms with van der Waals surface area (Å²) < 4.78 is 11.6. The lowest BCUT2D eigenvalue weighted by Gasteiger charge is -2.33. The van der Waals surface area contributed by atoms with Gasteiger partial charge in [-0.3, -0.25) is 9.69 Å². The van der Waals surface area contributed by atoms with E-state index in [4.69, 9.17) is 14.7 Å². The van der Waals surface area contributed by atoms with Crippen LogP contribution in [0.1, 0.15) is 47.1 Å². The van der Waals surface area contributed by atoms with Gasteiger partial charge in [-0.05, 0) is 54.2 Å². The molecule has 0 spiro atoms. The third-order valence-electron chi connectivity index (χ3n) is 7.02. The van der Waals surface area contributed by atoms with Crippen molar-refractivity contribution in [1.82, 2.24) is 4.90 Å². The molecule has 0 aromatic heterocycles. The Labute approximate surface area is 235 Å². The average molecular weight is 536 g/mol. The first-order valence-corrected chi connectivity index (χ1v) is 13.5. The lowest BCUT2D eigenvalue weighted by atomic mass is 9.95. The zero-order valence-corrected chi connectivity index (χ0v) is 22.7. The van der Waals surface area contributed by atoms with Crippen LogP contribution < -0.4 is 4.74 Å². The smallest absolute Gasteiger partial charge is 0.323 e. The summed E-state index contributed by atoms with van der Waals surface area (Å²) in [5, 5.41) is 28.5. The minimum atomic E-state index is -0.909. The molecular formula is C33H33N3O4. The molecule has 204 valence electrons. The Hall–Kier alpha value is -4.43. The number of unbranched alkanes of at least 4 members (excludes halogenated alkanes) is 2. The zero-order valence-electron chi connectivity index (χ0n) is 22.7. The summed E-state index contributed by atoms with van der Waals surface area (Å²) >= 11 is 0. The number of nitrogens with zero attached hydrogens (tertiary/aromatic N) is 3. The second kappa shape index (κ2) is 14.1. The van der Waals surface area contributed by atoms with E-state index in [1.807, 2.05) is 84.6 Å². The van der Waals surface area contributed by atoms with Crippen molar-refractivity contribution in [3.63, 3.8) is 0 Å². The number of ether oxygens (including phenoxy) is 2. The SMILES string of the molecule is Cc1cc(OCCCCC#N)c(CN2CCOC[C@H]2C(=O)O)cc1/C=C/c1cccc(-c2ccccc2)c1C#N. The summed E-state index contributed by atoms with van der Waals surface area (Å²) in [6, 6.07) is 23.5. The molecule has 0 radical (unpaired) electrons. The fraction of sp³-hybridized carbons (Fsp3) is 0.303. The summed E-state index contributed by atoms with van der Waals surface area (Å²) in [6.07, 6.45) is 5.96. The van der Waals surface area contributed by atoms with Gasteiger partial charge in [0, 0.05) is 30.6 Å². The maximum atomic E-state index is 11.9. The minimum absolute atomic E-state index is 0.146. The van der Waals surface area contributed by atoms with Crippen LogP contribution in [0.2, 0.25) is 0 Å². The fourth-order valence-corrected chi connectivity index (χ4v) is 4.82. The number of carbonyl (C=O) groups is 1. The Morgan fingerprint density at radius 3 is 2.65 bits per heavy atom. The molecule has 1 aliphatic rings. The van der Waals surface area contributed by atoms with Gasteiger partial charge in [0.25, 0.3) is 0 Å². The van der Waals surface area contributed by atoms with E-state index in [2.05, 4.69) is 12.1 Å². The molecule has 1 fully saturated rings. The van der Waals surface area contributed by atoms with Crippen LogP contribution >= 0.6 is 0 Å². The second-order valence-corrected chi connectivity index (χ2v) is 9.76. The summed E-state index contributed by atoms with van der Waals surface area (Å²) in [6.45, 7) is 4.02. The van der Waals surface area contributed by atoms with Gasteiger partial charge in [-0.25, -0.2) is 0 Å². The summed E-state index contributed by atoms with van der Waals surface area (Å²) in [4.78, 5) is 13.8. The number of rotatable bonds is 11. The van der Waals surface area contributed by atoms with Gasteiger partial charge in [-0.1, -0.05) is 60.7 Å². The molecule has 1 saturated heterocycles. The summed E-state index contributed by atoms with van der Waals surface area (Å²) in [7, 11) is 0. The number of carboxylic acids is 1. The molecule has 1 atom stereocenters. The minimum Gasteiger partial charge on any atom is -0.493 e. The van der Waals surface area contributed by atoms with Gasteiger partial charge in [0.15, 0.2) is 0 Å². The van der Waals surface area contributed by atoms with E-state index in [1.54, 1.807) is 0 Å². The van der Waals surface area contributed by atoms with Crippen LogP contribution in [0.15, 0.2) is 60.7 Å². The van der Waals surface area contributed by atoms with E-state index in [1.165, 1.54) is 0 Å². The molecule has 4 rings (SSSR count). The summed E-state index contributed by atoms with van der Waals surface area (Å²) in [5.41, 5.74) is 6.15. The molecule has 3 aromatic carbocycles. The van der Waals surface area contributed by atoms with E-state index >= 15 is 0 Å². The molecule has 1 aliphatic heterocycles. The van der Waals surface area contributed by atoms with Crippen molar-refractivity contribution < 1.29 is 19.4 Å². The molecule has 7 nitrogen and oxygen atoms in total. The van der Waals surface area contributed by atoms with Crippen LogP contribution in [-0.4, -0.2) is 48.4 Å². The highest BCUT2D eigenvalue weighted by molar-refractivity contribution is 5.81. The van der Waals surface area contributed by atoms with Crippen molar-refractivity contribution >= 4 is 18.1 Å². The molecule has 1 heterocycles. The highest BCUT2D eigenvalue weighted by Gasteiger charge is 2.30. The van der Waals surface area contributed by atoms with Crippen molar-refractivity contribution in [2.75, 3.05) is 26.4 Å². The fourth-order valence-electron chi connectivity index (χ4n) is 4.82. The first-order valence-electron chi connectivity index (χ1n) is 13.5. The monoisotopic (exact) mass is 535 g/mol. The Kier molecular flexibility index (Phi) is 10.1. The van der Waals surface area contributed by atoms with Gasteiger partial charge in [0.05, 0.1) is 31.5 Å². The number of carboxylic acid groups (broad SMARTS) is 1. The van der Waals surface area contributed by atoms with Crippen molar-refractivity contribution in [3.8, 4) is 29.0 Å². The van der Waals surface area contributed by atoms with Crippen LogP contribution in [0.4, 0.5) is 0 Å². The molecule has 0 amide bonds.